The molecule has 170 valence electrons. The summed E-state index contributed by atoms with van der Waals surface area (Å²) in [5, 5.41) is 3.11. The summed E-state index contributed by atoms with van der Waals surface area (Å²) < 4.78 is 10.7. The highest BCUT2D eigenvalue weighted by molar-refractivity contribution is 5.94. The average molecular weight is 446 g/mol. The zero-order valence-corrected chi connectivity index (χ0v) is 18.8. The zero-order valence-electron chi connectivity index (χ0n) is 18.8. The molecule has 0 aliphatic carbocycles. The molecule has 1 aromatic heterocycles. The lowest BCUT2D eigenvalue weighted by molar-refractivity contribution is -0.120. The Bertz CT molecular complexity index is 1140. The highest BCUT2D eigenvalue weighted by Gasteiger charge is 2.41. The SMILES string of the molecule is COc1ccc(NC(=O)[C@@H]2Cc3ccccc3N3CCN(c4cnccn4)C[C@@H]23)cc1OC. The molecule has 0 radical (unpaired) electrons. The second-order valence-electron chi connectivity index (χ2n) is 8.27. The number of benzene rings is 2. The second kappa shape index (κ2) is 8.97. The Labute approximate surface area is 193 Å². The first-order valence-corrected chi connectivity index (χ1v) is 11.1. The number of nitrogens with zero attached hydrogens (tertiary/aromatic N) is 4. The third kappa shape index (κ3) is 4.04. The van der Waals surface area contributed by atoms with E-state index in [0.717, 1.165) is 18.9 Å². The van der Waals surface area contributed by atoms with Crippen LogP contribution in [0.1, 0.15) is 5.56 Å². The van der Waals surface area contributed by atoms with E-state index in [1.807, 2.05) is 12.1 Å². The van der Waals surface area contributed by atoms with E-state index < -0.39 is 0 Å². The van der Waals surface area contributed by atoms with E-state index in [4.69, 9.17) is 9.47 Å². The van der Waals surface area contributed by atoms with Gasteiger partial charge >= 0.3 is 0 Å². The topological polar surface area (TPSA) is 79.8 Å². The highest BCUT2D eigenvalue weighted by Crippen LogP contribution is 2.37. The smallest absolute Gasteiger partial charge is 0.229 e. The molecule has 1 N–H and O–H groups in total. The number of amides is 1. The minimum Gasteiger partial charge on any atom is -0.493 e. The summed E-state index contributed by atoms with van der Waals surface area (Å²) in [4.78, 5) is 26.9. The Morgan fingerprint density at radius 3 is 2.70 bits per heavy atom. The Hall–Kier alpha value is -3.81. The van der Waals surface area contributed by atoms with E-state index in [1.165, 1.54) is 11.3 Å². The fourth-order valence-electron chi connectivity index (χ4n) is 4.87. The number of hydrogen-bond acceptors (Lipinski definition) is 7. The van der Waals surface area contributed by atoms with Crippen LogP contribution in [0.2, 0.25) is 0 Å². The van der Waals surface area contributed by atoms with Crippen molar-refractivity contribution in [1.82, 2.24) is 9.97 Å². The molecule has 3 aromatic rings. The maximum atomic E-state index is 13.6. The minimum atomic E-state index is -0.215. The van der Waals surface area contributed by atoms with Crippen molar-refractivity contribution in [2.75, 3.05) is 49.0 Å². The van der Waals surface area contributed by atoms with Crippen molar-refractivity contribution in [1.29, 1.82) is 0 Å². The summed E-state index contributed by atoms with van der Waals surface area (Å²) in [6.45, 7) is 2.35. The lowest BCUT2D eigenvalue weighted by Crippen LogP contribution is -2.60. The molecule has 33 heavy (non-hydrogen) atoms. The van der Waals surface area contributed by atoms with Gasteiger partial charge in [-0.3, -0.25) is 9.78 Å². The van der Waals surface area contributed by atoms with Crippen molar-refractivity contribution in [3.05, 3.63) is 66.6 Å². The maximum absolute atomic E-state index is 13.6. The van der Waals surface area contributed by atoms with E-state index >= 15 is 0 Å². The standard InChI is InChI=1S/C25H27N5O3/c1-32-22-8-7-18(14-23(22)33-2)28-25(31)19-13-17-5-3-4-6-20(17)30-12-11-29(16-21(19)30)24-15-26-9-10-27-24/h3-10,14-15,19,21H,11-13,16H2,1-2H3,(H,28,31)/t19-,21+/m1/s1. The molecular formula is C25H27N5O3. The molecule has 0 saturated carbocycles. The molecule has 0 spiro atoms. The van der Waals surface area contributed by atoms with Crippen molar-refractivity contribution in [2.24, 2.45) is 5.92 Å². The van der Waals surface area contributed by atoms with Gasteiger partial charge in [-0.05, 0) is 30.2 Å². The molecular weight excluding hydrogens is 418 g/mol. The van der Waals surface area contributed by atoms with E-state index in [2.05, 4.69) is 43.3 Å². The van der Waals surface area contributed by atoms with Gasteiger partial charge in [-0.1, -0.05) is 18.2 Å². The van der Waals surface area contributed by atoms with Gasteiger partial charge < -0.3 is 24.6 Å². The number of methoxy groups -OCH3 is 2. The molecule has 0 bridgehead atoms. The Morgan fingerprint density at radius 1 is 1.06 bits per heavy atom. The summed E-state index contributed by atoms with van der Waals surface area (Å²) in [5.41, 5.74) is 3.11. The maximum Gasteiger partial charge on any atom is 0.229 e. The molecule has 3 heterocycles. The largest absolute Gasteiger partial charge is 0.493 e. The Morgan fingerprint density at radius 2 is 1.91 bits per heavy atom. The van der Waals surface area contributed by atoms with Crippen LogP contribution < -0.4 is 24.6 Å². The number of nitrogens with one attached hydrogen (secondary N) is 1. The third-order valence-corrected chi connectivity index (χ3v) is 6.49. The van der Waals surface area contributed by atoms with Gasteiger partial charge in [0.2, 0.25) is 5.91 Å². The van der Waals surface area contributed by atoms with Crippen LogP contribution in [0.3, 0.4) is 0 Å². The number of anilines is 3. The monoisotopic (exact) mass is 445 g/mol. The zero-order chi connectivity index (χ0) is 22.8. The van der Waals surface area contributed by atoms with Crippen LogP contribution in [-0.4, -0.2) is 55.8 Å². The quantitative estimate of drug-likeness (QED) is 0.647. The molecule has 0 unspecified atom stereocenters. The summed E-state index contributed by atoms with van der Waals surface area (Å²) >= 11 is 0. The van der Waals surface area contributed by atoms with Gasteiger partial charge in [-0.25, -0.2) is 4.98 Å². The van der Waals surface area contributed by atoms with E-state index in [0.29, 0.717) is 30.2 Å². The number of hydrogen-bond donors (Lipinski definition) is 1. The van der Waals surface area contributed by atoms with Gasteiger partial charge in [-0.15, -0.1) is 0 Å². The fraction of sp³-hybridized carbons (Fsp3) is 0.320. The van der Waals surface area contributed by atoms with Crippen LogP contribution in [0, 0.1) is 5.92 Å². The van der Waals surface area contributed by atoms with Gasteiger partial charge in [0, 0.05) is 49.5 Å². The first-order valence-electron chi connectivity index (χ1n) is 11.1. The second-order valence-corrected chi connectivity index (χ2v) is 8.27. The van der Waals surface area contributed by atoms with Gasteiger partial charge in [0.25, 0.3) is 0 Å². The molecule has 1 saturated heterocycles. The summed E-state index contributed by atoms with van der Waals surface area (Å²) in [7, 11) is 3.18. The molecule has 2 aliphatic heterocycles. The number of para-hydroxylation sites is 1. The normalized spacial score (nSPS) is 19.3. The van der Waals surface area contributed by atoms with Crippen LogP contribution >= 0.6 is 0 Å². The first-order chi connectivity index (χ1) is 16.2. The van der Waals surface area contributed by atoms with Crippen LogP contribution in [0.15, 0.2) is 61.1 Å². The van der Waals surface area contributed by atoms with Crippen molar-refractivity contribution in [3.8, 4) is 11.5 Å². The molecule has 2 atom stereocenters. The van der Waals surface area contributed by atoms with E-state index in [-0.39, 0.29) is 17.9 Å². The van der Waals surface area contributed by atoms with Gasteiger partial charge in [0.05, 0.1) is 32.4 Å². The minimum absolute atomic E-state index is 0.00674. The van der Waals surface area contributed by atoms with E-state index in [1.54, 1.807) is 44.9 Å². The molecule has 5 rings (SSSR count). The Kier molecular flexibility index (Phi) is 5.73. The van der Waals surface area contributed by atoms with Crippen LogP contribution in [-0.2, 0) is 11.2 Å². The van der Waals surface area contributed by atoms with Crippen LogP contribution in [0.5, 0.6) is 11.5 Å². The molecule has 1 fully saturated rings. The number of rotatable bonds is 5. The van der Waals surface area contributed by atoms with Crippen molar-refractivity contribution in [3.63, 3.8) is 0 Å². The average Bonchev–Trinajstić information content (AvgIpc) is 2.88. The first kappa shape index (κ1) is 21.1. The lowest BCUT2D eigenvalue weighted by atomic mass is 9.83. The fourth-order valence-corrected chi connectivity index (χ4v) is 4.87. The third-order valence-electron chi connectivity index (χ3n) is 6.49. The molecule has 8 nitrogen and oxygen atoms in total. The van der Waals surface area contributed by atoms with Gasteiger partial charge in [-0.2, -0.15) is 0 Å². The predicted octanol–water partition coefficient (Wildman–Crippen LogP) is 3.00. The van der Waals surface area contributed by atoms with Gasteiger partial charge in [0.1, 0.15) is 5.82 Å². The van der Waals surface area contributed by atoms with Crippen molar-refractivity contribution < 1.29 is 14.3 Å². The number of ether oxygens (including phenoxy) is 2. The Balaban J connectivity index is 1.43. The number of piperazine rings is 1. The lowest BCUT2D eigenvalue weighted by Gasteiger charge is -2.49. The van der Waals surface area contributed by atoms with Crippen LogP contribution in [0.25, 0.3) is 0 Å². The number of carbonyl (C=O) groups excluding carboxylic acids is 1. The van der Waals surface area contributed by atoms with Gasteiger partial charge in [0.15, 0.2) is 11.5 Å². The number of carbonyl (C=O) groups is 1. The number of aromatic nitrogens is 2. The molecule has 2 aromatic carbocycles. The summed E-state index contributed by atoms with van der Waals surface area (Å²) in [6.07, 6.45) is 5.85. The van der Waals surface area contributed by atoms with E-state index in [9.17, 15) is 4.79 Å². The summed E-state index contributed by atoms with van der Waals surface area (Å²) in [6, 6.07) is 13.8. The predicted molar refractivity (Wildman–Crippen MR) is 127 cm³/mol. The number of fused-ring (bicyclic) bond motifs is 3. The summed E-state index contributed by atoms with van der Waals surface area (Å²) in [5.74, 6) is 1.83. The molecule has 1 amide bonds. The highest BCUT2D eigenvalue weighted by atomic mass is 16.5. The van der Waals surface area contributed by atoms with Crippen molar-refractivity contribution >= 4 is 23.1 Å². The molecule has 2 aliphatic rings. The molecule has 8 heteroatoms. The van der Waals surface area contributed by atoms with Crippen molar-refractivity contribution in [2.45, 2.75) is 12.5 Å². The van der Waals surface area contributed by atoms with Crippen LogP contribution in [0.4, 0.5) is 17.2 Å².